The maximum Gasteiger partial charge on any atom is 0.586 e. The van der Waals surface area contributed by atoms with Crippen LogP contribution in [0.15, 0.2) is 36.5 Å². The summed E-state index contributed by atoms with van der Waals surface area (Å²) in [6.45, 7) is 2.75. The first-order chi connectivity index (χ1) is 21.3. The molecule has 0 spiro atoms. The number of carbonyl (C=O) groups is 1. The fraction of sp³-hybridized carbons (Fsp3) is 0.516. The van der Waals surface area contributed by atoms with Crippen molar-refractivity contribution in [2.24, 2.45) is 10.8 Å². The number of fused-ring (bicyclic) bond motifs is 5. The minimum atomic E-state index is -4.66. The third-order valence-corrected chi connectivity index (χ3v) is 9.92. The Hall–Kier alpha value is -4.10. The van der Waals surface area contributed by atoms with E-state index in [1.807, 2.05) is 4.90 Å². The molecule has 240 valence electrons. The predicted molar refractivity (Wildman–Crippen MR) is 149 cm³/mol. The van der Waals surface area contributed by atoms with E-state index < -0.39 is 35.7 Å². The number of aliphatic carboxylic acids is 1. The van der Waals surface area contributed by atoms with Gasteiger partial charge in [-0.2, -0.15) is 18.3 Å². The van der Waals surface area contributed by atoms with Crippen LogP contribution < -0.4 is 19.1 Å². The highest BCUT2D eigenvalue weighted by Crippen LogP contribution is 2.58. The summed E-state index contributed by atoms with van der Waals surface area (Å²) in [6.07, 6.45) is -3.05. The second kappa shape index (κ2) is 10.2. The van der Waals surface area contributed by atoms with Crippen molar-refractivity contribution < 1.29 is 46.1 Å². The Balaban J connectivity index is 1.18. The molecule has 14 heteroatoms. The van der Waals surface area contributed by atoms with Crippen LogP contribution in [-0.4, -0.2) is 45.2 Å². The molecule has 0 amide bonds. The van der Waals surface area contributed by atoms with E-state index in [1.165, 1.54) is 29.1 Å². The number of carboxylic acid groups (broad SMARTS) is 1. The molecule has 1 aromatic carbocycles. The number of hydrogen-bond acceptors (Lipinski definition) is 7. The molecular weight excluding hydrogens is 603 g/mol. The summed E-state index contributed by atoms with van der Waals surface area (Å²) in [7, 11) is 0. The highest BCUT2D eigenvalue weighted by molar-refractivity contribution is 5.75. The van der Waals surface area contributed by atoms with Crippen LogP contribution in [0.1, 0.15) is 74.8 Å². The topological polar surface area (TPSA) is 98.9 Å². The normalized spacial score (nSPS) is 25.6. The average molecular weight is 635 g/mol. The third kappa shape index (κ3) is 5.21. The molecule has 0 saturated heterocycles. The van der Waals surface area contributed by atoms with E-state index in [2.05, 4.69) is 19.6 Å². The van der Waals surface area contributed by atoms with Crippen molar-refractivity contribution >= 4 is 11.8 Å². The maximum atomic E-state index is 14.3. The largest absolute Gasteiger partial charge is 0.586 e. The molecule has 9 nitrogen and oxygen atoms in total. The summed E-state index contributed by atoms with van der Waals surface area (Å²) < 4.78 is 86.1. The minimum absolute atomic E-state index is 0.103. The number of halogens is 5. The molecule has 2 bridgehead atoms. The Kier molecular flexibility index (Phi) is 6.72. The number of alkyl halides is 5. The van der Waals surface area contributed by atoms with Gasteiger partial charge in [0.25, 0.3) is 0 Å². The first kappa shape index (κ1) is 29.6. The lowest BCUT2D eigenvalue weighted by Gasteiger charge is -2.53. The number of aromatic nitrogens is 3. The smallest absolute Gasteiger partial charge is 0.481 e. The quantitative estimate of drug-likeness (QED) is 0.280. The van der Waals surface area contributed by atoms with Crippen molar-refractivity contribution in [1.82, 2.24) is 14.8 Å². The number of hydrogen-bond donors (Lipinski definition) is 1. The number of ether oxygens (including phenoxy) is 3. The maximum absolute atomic E-state index is 14.3. The summed E-state index contributed by atoms with van der Waals surface area (Å²) in [5.41, 5.74) is -0.823. The van der Waals surface area contributed by atoms with Crippen molar-refractivity contribution in [3.8, 4) is 23.1 Å². The molecule has 0 unspecified atom stereocenters. The zero-order valence-electron chi connectivity index (χ0n) is 24.4. The lowest BCUT2D eigenvalue weighted by molar-refractivity contribution is -0.286. The lowest BCUT2D eigenvalue weighted by atomic mass is 9.53. The minimum Gasteiger partial charge on any atom is -0.481 e. The summed E-state index contributed by atoms with van der Waals surface area (Å²) >= 11 is 0. The Bertz CT molecular complexity index is 1630. The molecule has 1 atom stereocenters. The highest BCUT2D eigenvalue weighted by atomic mass is 19.4. The molecular formula is C31H31F5N4O5. The fourth-order valence-corrected chi connectivity index (χ4v) is 7.40. The first-order valence-electron chi connectivity index (χ1n) is 15.0. The number of nitrogens with zero attached hydrogens (tertiary/aromatic N) is 4. The summed E-state index contributed by atoms with van der Waals surface area (Å²) in [5, 5.41) is 13.9. The first-order valence-corrected chi connectivity index (χ1v) is 15.0. The molecule has 3 aliphatic carbocycles. The highest BCUT2D eigenvalue weighted by Gasteiger charge is 2.53. The van der Waals surface area contributed by atoms with Gasteiger partial charge in [0.05, 0.1) is 11.1 Å². The SMILES string of the molecule is C[C@H](Oc1cc(-n2nc(C(F)(F)F)c3c2N(CC24CCC(C(=O)O)(CC2)CC4)CCC3)ccn1)c1ccc2c(c1)OC(F)(F)O2. The van der Waals surface area contributed by atoms with Crippen LogP contribution in [0.5, 0.6) is 17.4 Å². The molecule has 0 radical (unpaired) electrons. The second-order valence-electron chi connectivity index (χ2n) is 12.7. The number of anilines is 1. The van der Waals surface area contributed by atoms with Crippen molar-refractivity contribution in [1.29, 1.82) is 0 Å². The summed E-state index contributed by atoms with van der Waals surface area (Å²) in [5.74, 6) is -0.515. The van der Waals surface area contributed by atoms with Crippen LogP contribution in [-0.2, 0) is 17.4 Å². The van der Waals surface area contributed by atoms with E-state index in [1.54, 1.807) is 19.1 Å². The van der Waals surface area contributed by atoms with E-state index in [4.69, 9.17) is 4.74 Å². The van der Waals surface area contributed by atoms with E-state index in [9.17, 15) is 31.9 Å². The van der Waals surface area contributed by atoms with E-state index in [-0.39, 0.29) is 34.8 Å². The predicted octanol–water partition coefficient (Wildman–Crippen LogP) is 6.93. The monoisotopic (exact) mass is 634 g/mol. The van der Waals surface area contributed by atoms with Crippen molar-refractivity contribution in [2.45, 2.75) is 76.9 Å². The fourth-order valence-electron chi connectivity index (χ4n) is 7.40. The Labute approximate surface area is 254 Å². The molecule has 5 aliphatic rings. The van der Waals surface area contributed by atoms with Gasteiger partial charge in [0, 0.05) is 30.9 Å². The van der Waals surface area contributed by atoms with Crippen LogP contribution in [0, 0.1) is 10.8 Å². The second-order valence-corrected chi connectivity index (χ2v) is 12.7. The zero-order valence-corrected chi connectivity index (χ0v) is 24.4. The van der Waals surface area contributed by atoms with Gasteiger partial charge in [-0.15, -0.1) is 8.78 Å². The summed E-state index contributed by atoms with van der Waals surface area (Å²) in [4.78, 5) is 18.2. The van der Waals surface area contributed by atoms with Gasteiger partial charge in [-0.25, -0.2) is 9.67 Å². The number of pyridine rings is 1. The van der Waals surface area contributed by atoms with Crippen molar-refractivity contribution in [3.05, 3.63) is 53.3 Å². The average Bonchev–Trinajstić information content (AvgIpc) is 3.55. The van der Waals surface area contributed by atoms with Gasteiger partial charge < -0.3 is 24.2 Å². The Morgan fingerprint density at radius 3 is 2.47 bits per heavy atom. The molecule has 3 aromatic rings. The third-order valence-electron chi connectivity index (χ3n) is 9.92. The van der Waals surface area contributed by atoms with Crippen LogP contribution in [0.2, 0.25) is 0 Å². The van der Waals surface area contributed by atoms with Gasteiger partial charge in [0.15, 0.2) is 17.2 Å². The molecule has 3 saturated carbocycles. The van der Waals surface area contributed by atoms with E-state index in [0.29, 0.717) is 75.1 Å². The van der Waals surface area contributed by atoms with Crippen molar-refractivity contribution in [2.75, 3.05) is 18.0 Å². The number of rotatable bonds is 7. The van der Waals surface area contributed by atoms with E-state index in [0.717, 1.165) is 0 Å². The van der Waals surface area contributed by atoms with E-state index >= 15 is 0 Å². The van der Waals surface area contributed by atoms with Gasteiger partial charge in [-0.05, 0) is 87.5 Å². The van der Waals surface area contributed by atoms with Gasteiger partial charge >= 0.3 is 18.4 Å². The Morgan fingerprint density at radius 2 is 1.78 bits per heavy atom. The Morgan fingerprint density at radius 1 is 1.07 bits per heavy atom. The van der Waals surface area contributed by atoms with Crippen LogP contribution >= 0.6 is 0 Å². The molecule has 8 rings (SSSR count). The zero-order chi connectivity index (χ0) is 31.8. The number of carboxylic acids is 1. The standard InChI is InChI=1S/C31H31F5N4O5/c1-18(19-4-5-22-23(15-19)45-31(35,36)44-22)43-24-16-20(6-13-37-24)40-26-21(25(38-40)30(32,33)34)3-2-14-39(26)17-28-7-10-29(11-8-28,12-9-28)27(41)42/h4-6,13,15-16,18H,2-3,7-12,14,17H2,1H3,(H,41,42)/t18-,28?,29?/m0/s1. The summed E-state index contributed by atoms with van der Waals surface area (Å²) in [6, 6.07) is 7.32. The van der Waals surface area contributed by atoms with Gasteiger partial charge in [0.2, 0.25) is 5.88 Å². The molecule has 3 fully saturated rings. The van der Waals surface area contributed by atoms with Gasteiger partial charge in [0.1, 0.15) is 11.9 Å². The van der Waals surface area contributed by atoms with Crippen LogP contribution in [0.3, 0.4) is 0 Å². The van der Waals surface area contributed by atoms with Gasteiger partial charge in [-0.1, -0.05) is 6.07 Å². The number of benzene rings is 1. The van der Waals surface area contributed by atoms with Crippen molar-refractivity contribution in [3.63, 3.8) is 0 Å². The van der Waals surface area contributed by atoms with Crippen LogP contribution in [0.25, 0.3) is 5.69 Å². The lowest BCUT2D eigenvalue weighted by Crippen LogP contribution is -2.51. The molecule has 2 aromatic heterocycles. The molecule has 4 heterocycles. The van der Waals surface area contributed by atoms with Gasteiger partial charge in [-0.3, -0.25) is 4.79 Å². The molecule has 45 heavy (non-hydrogen) atoms. The molecule has 2 aliphatic heterocycles. The molecule has 1 N–H and O–H groups in total. The van der Waals surface area contributed by atoms with Crippen LogP contribution in [0.4, 0.5) is 27.8 Å².